The van der Waals surface area contributed by atoms with Crippen LogP contribution in [0.1, 0.15) is 22.7 Å². The third-order valence-electron chi connectivity index (χ3n) is 2.90. The van der Waals surface area contributed by atoms with Crippen molar-refractivity contribution in [2.45, 2.75) is 13.0 Å². The molecule has 0 aliphatic heterocycles. The van der Waals surface area contributed by atoms with Crippen LogP contribution in [-0.4, -0.2) is 0 Å². The first-order valence-electron chi connectivity index (χ1n) is 5.60. The Balaban J connectivity index is 2.45. The minimum absolute atomic E-state index is 0.240. The Kier molecular flexibility index (Phi) is 3.97. The number of hydrogen-bond donors (Lipinski definition) is 2. The van der Waals surface area contributed by atoms with Gasteiger partial charge >= 0.3 is 0 Å². The first-order valence-corrected chi connectivity index (χ1v) is 5.98. The summed E-state index contributed by atoms with van der Waals surface area (Å²) in [6.45, 7) is 1.73. The molecule has 94 valence electrons. The van der Waals surface area contributed by atoms with Crippen LogP contribution in [-0.2, 0) is 0 Å². The molecular weight excluding hydrogens is 251 g/mol. The average molecular weight is 265 g/mol. The highest BCUT2D eigenvalue weighted by Crippen LogP contribution is 2.26. The third-order valence-corrected chi connectivity index (χ3v) is 3.15. The van der Waals surface area contributed by atoms with Crippen molar-refractivity contribution < 1.29 is 4.39 Å². The van der Waals surface area contributed by atoms with Gasteiger partial charge in [-0.15, -0.1) is 0 Å². The number of hydrazine groups is 1. The molecule has 0 radical (unpaired) electrons. The molecule has 0 aromatic heterocycles. The molecule has 0 aliphatic rings. The molecule has 0 amide bonds. The largest absolute Gasteiger partial charge is 0.271 e. The highest BCUT2D eigenvalue weighted by molar-refractivity contribution is 6.30. The molecule has 2 aromatic carbocycles. The van der Waals surface area contributed by atoms with Gasteiger partial charge in [0, 0.05) is 10.6 Å². The lowest BCUT2D eigenvalue weighted by molar-refractivity contribution is 0.554. The monoisotopic (exact) mass is 264 g/mol. The van der Waals surface area contributed by atoms with Crippen molar-refractivity contribution >= 4 is 11.6 Å². The van der Waals surface area contributed by atoms with Crippen molar-refractivity contribution in [2.75, 3.05) is 0 Å². The highest BCUT2D eigenvalue weighted by Gasteiger charge is 2.17. The van der Waals surface area contributed by atoms with Gasteiger partial charge in [0.25, 0.3) is 0 Å². The molecule has 0 saturated carbocycles. The van der Waals surface area contributed by atoms with Crippen LogP contribution >= 0.6 is 11.6 Å². The van der Waals surface area contributed by atoms with E-state index in [1.54, 1.807) is 31.2 Å². The fraction of sp³-hybridized carbons (Fsp3) is 0.143. The van der Waals surface area contributed by atoms with Crippen LogP contribution in [0.5, 0.6) is 0 Å². The van der Waals surface area contributed by atoms with Gasteiger partial charge in [-0.25, -0.2) is 9.82 Å². The van der Waals surface area contributed by atoms with Crippen molar-refractivity contribution in [3.8, 4) is 0 Å². The van der Waals surface area contributed by atoms with Gasteiger partial charge in [-0.1, -0.05) is 41.9 Å². The van der Waals surface area contributed by atoms with E-state index in [1.807, 2.05) is 18.2 Å². The van der Waals surface area contributed by atoms with E-state index in [1.165, 1.54) is 0 Å². The normalized spacial score (nSPS) is 12.4. The Hall–Kier alpha value is -1.42. The van der Waals surface area contributed by atoms with Crippen LogP contribution in [0.2, 0.25) is 5.02 Å². The lowest BCUT2D eigenvalue weighted by Gasteiger charge is -2.18. The molecule has 1 atom stereocenters. The van der Waals surface area contributed by atoms with E-state index in [0.29, 0.717) is 16.1 Å². The van der Waals surface area contributed by atoms with E-state index in [4.69, 9.17) is 17.4 Å². The van der Waals surface area contributed by atoms with Gasteiger partial charge in [0.05, 0.1) is 6.04 Å². The topological polar surface area (TPSA) is 38.0 Å². The van der Waals surface area contributed by atoms with Crippen molar-refractivity contribution in [1.29, 1.82) is 0 Å². The average Bonchev–Trinajstić information content (AvgIpc) is 2.37. The molecular formula is C14H14ClFN2. The van der Waals surface area contributed by atoms with Gasteiger partial charge in [0.2, 0.25) is 0 Å². The van der Waals surface area contributed by atoms with Crippen molar-refractivity contribution in [2.24, 2.45) is 5.84 Å². The minimum Gasteiger partial charge on any atom is -0.271 e. The zero-order valence-electron chi connectivity index (χ0n) is 9.95. The van der Waals surface area contributed by atoms with E-state index in [-0.39, 0.29) is 11.9 Å². The van der Waals surface area contributed by atoms with Crippen molar-refractivity contribution in [1.82, 2.24) is 5.43 Å². The summed E-state index contributed by atoms with van der Waals surface area (Å²) < 4.78 is 14.1. The summed E-state index contributed by atoms with van der Waals surface area (Å²) in [4.78, 5) is 0. The Bertz CT molecular complexity index is 540. The van der Waals surface area contributed by atoms with Crippen LogP contribution in [0.25, 0.3) is 0 Å². The second-order valence-corrected chi connectivity index (χ2v) is 4.57. The van der Waals surface area contributed by atoms with Crippen LogP contribution in [0.3, 0.4) is 0 Å². The van der Waals surface area contributed by atoms with Crippen molar-refractivity contribution in [3.63, 3.8) is 0 Å². The maximum absolute atomic E-state index is 14.1. The summed E-state index contributed by atoms with van der Waals surface area (Å²) in [5.41, 5.74) is 4.63. The van der Waals surface area contributed by atoms with Gasteiger partial charge < -0.3 is 0 Å². The molecule has 2 rings (SSSR count). The highest BCUT2D eigenvalue weighted by atomic mass is 35.5. The molecule has 1 unspecified atom stereocenters. The third kappa shape index (κ3) is 2.53. The molecule has 0 aliphatic carbocycles. The van der Waals surface area contributed by atoms with Crippen LogP contribution in [0.4, 0.5) is 4.39 Å². The maximum atomic E-state index is 14.1. The molecule has 0 bridgehead atoms. The van der Waals surface area contributed by atoms with Crippen molar-refractivity contribution in [3.05, 3.63) is 70.0 Å². The van der Waals surface area contributed by atoms with Gasteiger partial charge in [0.15, 0.2) is 0 Å². The Morgan fingerprint density at radius 1 is 1.17 bits per heavy atom. The van der Waals surface area contributed by atoms with Crippen LogP contribution in [0.15, 0.2) is 42.5 Å². The summed E-state index contributed by atoms with van der Waals surface area (Å²) in [5.74, 6) is 5.30. The molecule has 18 heavy (non-hydrogen) atoms. The lowest BCUT2D eigenvalue weighted by atomic mass is 9.97. The quantitative estimate of drug-likeness (QED) is 0.659. The number of hydrogen-bond acceptors (Lipinski definition) is 2. The molecule has 0 fully saturated rings. The fourth-order valence-corrected chi connectivity index (χ4v) is 2.04. The predicted molar refractivity (Wildman–Crippen MR) is 71.8 cm³/mol. The number of benzene rings is 2. The number of rotatable bonds is 3. The number of nitrogens with two attached hydrogens (primary N) is 1. The van der Waals surface area contributed by atoms with E-state index in [2.05, 4.69) is 5.43 Å². The second-order valence-electron chi connectivity index (χ2n) is 4.13. The molecule has 4 heteroatoms. The molecule has 2 nitrogen and oxygen atoms in total. The summed E-state index contributed by atoms with van der Waals surface area (Å²) in [6, 6.07) is 12.1. The van der Waals surface area contributed by atoms with E-state index in [9.17, 15) is 4.39 Å². The lowest BCUT2D eigenvalue weighted by Crippen LogP contribution is -2.29. The van der Waals surface area contributed by atoms with Crippen LogP contribution in [0, 0.1) is 12.7 Å². The van der Waals surface area contributed by atoms with Gasteiger partial charge in [-0.3, -0.25) is 5.84 Å². The predicted octanol–water partition coefficient (Wildman–Crippen LogP) is 3.34. The molecule has 3 N–H and O–H groups in total. The minimum atomic E-state index is -0.387. The smallest absolute Gasteiger partial charge is 0.131 e. The molecule has 2 aromatic rings. The Morgan fingerprint density at radius 2 is 1.83 bits per heavy atom. The summed E-state index contributed by atoms with van der Waals surface area (Å²) in [7, 11) is 0. The first-order chi connectivity index (χ1) is 8.63. The second kappa shape index (κ2) is 5.48. The summed E-state index contributed by atoms with van der Waals surface area (Å²) in [6.07, 6.45) is 0. The van der Waals surface area contributed by atoms with Crippen LogP contribution < -0.4 is 11.3 Å². The Labute approximate surface area is 111 Å². The van der Waals surface area contributed by atoms with E-state index >= 15 is 0 Å². The number of nitrogens with one attached hydrogen (secondary N) is 1. The molecule has 0 spiro atoms. The van der Waals surface area contributed by atoms with E-state index in [0.717, 1.165) is 5.56 Å². The number of aryl methyl sites for hydroxylation is 1. The van der Waals surface area contributed by atoms with Gasteiger partial charge in [-0.05, 0) is 30.2 Å². The molecule has 0 saturated heterocycles. The first kappa shape index (κ1) is 13.0. The van der Waals surface area contributed by atoms with Gasteiger partial charge in [-0.2, -0.15) is 0 Å². The zero-order chi connectivity index (χ0) is 13.1. The standard InChI is InChI=1S/C14H14ClFN2/c1-9-3-2-4-12(13(9)16)14(18-17)10-5-7-11(15)8-6-10/h2-8,14,18H,17H2,1H3. The van der Waals surface area contributed by atoms with E-state index < -0.39 is 0 Å². The number of halogens is 2. The van der Waals surface area contributed by atoms with Gasteiger partial charge in [0.1, 0.15) is 5.82 Å². The summed E-state index contributed by atoms with van der Waals surface area (Å²) in [5, 5.41) is 0.638. The summed E-state index contributed by atoms with van der Waals surface area (Å²) >= 11 is 5.84. The Morgan fingerprint density at radius 3 is 2.44 bits per heavy atom. The fourth-order valence-electron chi connectivity index (χ4n) is 1.91. The SMILES string of the molecule is Cc1cccc(C(NN)c2ccc(Cl)cc2)c1F. The zero-order valence-corrected chi connectivity index (χ0v) is 10.7. The molecule has 0 heterocycles. The maximum Gasteiger partial charge on any atom is 0.131 e.